The van der Waals surface area contributed by atoms with Gasteiger partial charge >= 0.3 is 0 Å². The Balaban J connectivity index is 1.80. The zero-order chi connectivity index (χ0) is 19.9. The number of benzene rings is 1. The van der Waals surface area contributed by atoms with Crippen molar-refractivity contribution in [3.63, 3.8) is 0 Å². The van der Waals surface area contributed by atoms with Crippen molar-refractivity contribution in [2.75, 3.05) is 13.7 Å². The van der Waals surface area contributed by atoms with Gasteiger partial charge < -0.3 is 9.47 Å². The molecule has 1 aliphatic carbocycles. The van der Waals surface area contributed by atoms with Gasteiger partial charge in [-0.05, 0) is 31.9 Å². The number of para-hydroxylation sites is 1. The number of ether oxygens (including phenoxy) is 2. The third-order valence-electron chi connectivity index (χ3n) is 4.77. The van der Waals surface area contributed by atoms with Crippen LogP contribution in [0.25, 0.3) is 0 Å². The second-order valence-electron chi connectivity index (χ2n) is 6.96. The van der Waals surface area contributed by atoms with Gasteiger partial charge in [-0.2, -0.15) is 0 Å². The molecule has 0 aliphatic heterocycles. The quantitative estimate of drug-likeness (QED) is 0.611. The molecule has 0 amide bonds. The number of carbonyl (C=O) groups is 1. The summed E-state index contributed by atoms with van der Waals surface area (Å²) in [6.07, 6.45) is 4.59. The molecule has 0 N–H and O–H groups in total. The summed E-state index contributed by atoms with van der Waals surface area (Å²) in [5.41, 5.74) is 0. The average molecular weight is 408 g/mol. The van der Waals surface area contributed by atoms with Crippen molar-refractivity contribution in [2.24, 2.45) is 0 Å². The van der Waals surface area contributed by atoms with E-state index in [0.29, 0.717) is 24.0 Å². The number of methoxy groups -OCH3 is 1. The molecule has 152 valence electrons. The van der Waals surface area contributed by atoms with Crippen LogP contribution < -0.4 is 4.74 Å². The van der Waals surface area contributed by atoms with Gasteiger partial charge in [-0.15, -0.1) is 10.2 Å². The number of rotatable bonds is 8. The number of aromatic nitrogens is 3. The van der Waals surface area contributed by atoms with E-state index in [9.17, 15) is 9.18 Å². The first kappa shape index (κ1) is 20.8. The van der Waals surface area contributed by atoms with Crippen LogP contribution in [-0.2, 0) is 16.1 Å². The van der Waals surface area contributed by atoms with Crippen molar-refractivity contribution in [3.05, 3.63) is 35.9 Å². The lowest BCUT2D eigenvalue weighted by Crippen LogP contribution is -2.20. The number of Topliss-reactive ketones (excluding diaryl/α,β-unsaturated/α-hetero) is 1. The van der Waals surface area contributed by atoms with Crippen LogP contribution in [0.3, 0.4) is 0 Å². The Kier molecular flexibility index (Phi) is 7.44. The van der Waals surface area contributed by atoms with Crippen LogP contribution in [0.4, 0.5) is 4.39 Å². The third kappa shape index (κ3) is 5.11. The average Bonchev–Trinajstić information content (AvgIpc) is 2.97. The van der Waals surface area contributed by atoms with Crippen LogP contribution in [0, 0.1) is 5.82 Å². The summed E-state index contributed by atoms with van der Waals surface area (Å²) in [6.45, 7) is 2.55. The van der Waals surface area contributed by atoms with Gasteiger partial charge in [0.15, 0.2) is 22.5 Å². The highest BCUT2D eigenvalue weighted by molar-refractivity contribution is 8.00. The molecule has 0 bridgehead atoms. The second-order valence-corrected chi connectivity index (χ2v) is 8.13. The molecule has 2 aromatic rings. The Bertz CT molecular complexity index is 799. The van der Waals surface area contributed by atoms with Crippen LogP contribution in [0.5, 0.6) is 5.75 Å². The maximum atomic E-state index is 13.8. The monoisotopic (exact) mass is 407 g/mol. The smallest absolute Gasteiger partial charge is 0.192 e. The lowest BCUT2D eigenvalue weighted by Gasteiger charge is -2.19. The van der Waals surface area contributed by atoms with Crippen molar-refractivity contribution in [1.29, 1.82) is 0 Å². The molecule has 1 heterocycles. The van der Waals surface area contributed by atoms with Gasteiger partial charge in [0, 0.05) is 13.5 Å². The Hall–Kier alpha value is -1.93. The zero-order valence-corrected chi connectivity index (χ0v) is 17.1. The van der Waals surface area contributed by atoms with Gasteiger partial charge in [0.05, 0.1) is 17.9 Å². The van der Waals surface area contributed by atoms with Gasteiger partial charge in [0.2, 0.25) is 0 Å². The molecule has 1 aromatic carbocycles. The van der Waals surface area contributed by atoms with Gasteiger partial charge in [-0.25, -0.2) is 4.39 Å². The highest BCUT2D eigenvalue weighted by atomic mass is 32.2. The van der Waals surface area contributed by atoms with Crippen LogP contribution in [0.15, 0.2) is 29.4 Å². The molecule has 2 atom stereocenters. The van der Waals surface area contributed by atoms with Crippen LogP contribution in [0.2, 0.25) is 0 Å². The maximum absolute atomic E-state index is 13.8. The van der Waals surface area contributed by atoms with E-state index in [0.717, 1.165) is 25.7 Å². The first-order valence-electron chi connectivity index (χ1n) is 9.59. The largest absolute Gasteiger partial charge is 0.483 e. The molecule has 0 radical (unpaired) electrons. The summed E-state index contributed by atoms with van der Waals surface area (Å²) in [5.74, 6) is 0.610. The summed E-state index contributed by atoms with van der Waals surface area (Å²) >= 11 is 1.47. The van der Waals surface area contributed by atoms with E-state index in [1.807, 2.05) is 11.5 Å². The summed E-state index contributed by atoms with van der Waals surface area (Å²) in [7, 11) is 1.64. The fourth-order valence-electron chi connectivity index (χ4n) is 3.33. The van der Waals surface area contributed by atoms with E-state index in [1.165, 1.54) is 17.8 Å². The Morgan fingerprint density at radius 2 is 2.11 bits per heavy atom. The number of nitrogens with zero attached hydrogens (tertiary/aromatic N) is 3. The Morgan fingerprint density at radius 1 is 1.29 bits per heavy atom. The van der Waals surface area contributed by atoms with Crippen molar-refractivity contribution < 1.29 is 18.7 Å². The fraction of sp³-hybridized carbons (Fsp3) is 0.550. The summed E-state index contributed by atoms with van der Waals surface area (Å²) in [5, 5.41) is 9.14. The molecule has 0 unspecified atom stereocenters. The number of hydrogen-bond acceptors (Lipinski definition) is 6. The molecule has 28 heavy (non-hydrogen) atoms. The Labute approximate surface area is 168 Å². The number of carbonyl (C=O) groups excluding carboxylic acids is 1. The van der Waals surface area contributed by atoms with Gasteiger partial charge in [-0.1, -0.05) is 36.7 Å². The summed E-state index contributed by atoms with van der Waals surface area (Å²) < 4.78 is 26.7. The normalized spacial score (nSPS) is 18.7. The molecule has 0 spiro atoms. The molecule has 8 heteroatoms. The standard InChI is InChI=1S/C20H26FN3O3S/c1-14(12-26-2)24-19(13-27-17-10-7-6-8-15(17)21)22-23-20(24)28-18-11-5-3-4-9-16(18)25/h6-8,10,14,18H,3-5,9,11-13H2,1-2H3/t14-,18-/m0/s1. The first-order chi connectivity index (χ1) is 13.6. The molecule has 3 rings (SSSR count). The van der Waals surface area contributed by atoms with Crippen LogP contribution in [-0.4, -0.2) is 39.5 Å². The molecule has 1 fully saturated rings. The van der Waals surface area contributed by atoms with Crippen molar-refractivity contribution >= 4 is 17.5 Å². The molecular weight excluding hydrogens is 381 g/mol. The number of ketones is 1. The van der Waals surface area contributed by atoms with E-state index < -0.39 is 5.82 Å². The predicted octanol–water partition coefficient (Wildman–Crippen LogP) is 4.20. The molecule has 0 saturated heterocycles. The minimum atomic E-state index is -0.419. The van der Waals surface area contributed by atoms with Crippen molar-refractivity contribution in [3.8, 4) is 5.75 Å². The zero-order valence-electron chi connectivity index (χ0n) is 16.3. The van der Waals surface area contributed by atoms with Crippen molar-refractivity contribution in [1.82, 2.24) is 14.8 Å². The van der Waals surface area contributed by atoms with Gasteiger partial charge in [-0.3, -0.25) is 9.36 Å². The highest BCUT2D eigenvalue weighted by Gasteiger charge is 2.26. The topological polar surface area (TPSA) is 66.2 Å². The van der Waals surface area contributed by atoms with Crippen LogP contribution >= 0.6 is 11.8 Å². The minimum absolute atomic E-state index is 0.0393. The molecule has 1 aliphatic rings. The Morgan fingerprint density at radius 3 is 2.89 bits per heavy atom. The lowest BCUT2D eigenvalue weighted by molar-refractivity contribution is -0.118. The second kappa shape index (κ2) is 10.0. The van der Waals surface area contributed by atoms with E-state index in [1.54, 1.807) is 25.3 Å². The molecule has 6 nitrogen and oxygen atoms in total. The third-order valence-corrected chi connectivity index (χ3v) is 6.05. The first-order valence-corrected chi connectivity index (χ1v) is 10.5. The molecule has 1 aromatic heterocycles. The van der Waals surface area contributed by atoms with Crippen LogP contribution in [0.1, 0.15) is 50.9 Å². The summed E-state index contributed by atoms with van der Waals surface area (Å²) in [6, 6.07) is 6.23. The SMILES string of the molecule is COC[C@H](C)n1c(COc2ccccc2F)nnc1S[C@H]1CCCCCC1=O. The fourth-order valence-corrected chi connectivity index (χ4v) is 4.60. The van der Waals surface area contributed by atoms with E-state index >= 15 is 0 Å². The molecular formula is C20H26FN3O3S. The number of hydrogen-bond donors (Lipinski definition) is 0. The highest BCUT2D eigenvalue weighted by Crippen LogP contribution is 2.32. The minimum Gasteiger partial charge on any atom is -0.483 e. The predicted molar refractivity (Wildman–Crippen MR) is 105 cm³/mol. The van der Waals surface area contributed by atoms with Gasteiger partial charge in [0.25, 0.3) is 0 Å². The number of halogens is 1. The lowest BCUT2D eigenvalue weighted by atomic mass is 10.2. The summed E-state index contributed by atoms with van der Waals surface area (Å²) in [4.78, 5) is 12.4. The maximum Gasteiger partial charge on any atom is 0.192 e. The van der Waals surface area contributed by atoms with E-state index in [-0.39, 0.29) is 29.4 Å². The molecule has 1 saturated carbocycles. The van der Waals surface area contributed by atoms with E-state index in [2.05, 4.69) is 10.2 Å². The number of thioether (sulfide) groups is 1. The van der Waals surface area contributed by atoms with Gasteiger partial charge in [0.1, 0.15) is 12.4 Å². The van der Waals surface area contributed by atoms with E-state index in [4.69, 9.17) is 9.47 Å². The van der Waals surface area contributed by atoms with Crippen molar-refractivity contribution in [2.45, 2.75) is 62.1 Å².